The van der Waals surface area contributed by atoms with E-state index in [4.69, 9.17) is 43.4 Å². The van der Waals surface area contributed by atoms with Crippen LogP contribution in [0.4, 0.5) is 0 Å². The quantitative estimate of drug-likeness (QED) is 0.329. The molecular weight excluding hydrogens is 443 g/mol. The van der Waals surface area contributed by atoms with E-state index in [1.165, 1.54) is 19.6 Å². The van der Waals surface area contributed by atoms with Crippen molar-refractivity contribution in [2.45, 2.75) is 56.2 Å². The summed E-state index contributed by atoms with van der Waals surface area (Å²) in [5.74, 6) is 0.304. The summed E-state index contributed by atoms with van der Waals surface area (Å²) in [6.45, 7) is 3.42. The number of aromatic nitrogens is 2. The molecule has 0 saturated carbocycles. The van der Waals surface area contributed by atoms with Gasteiger partial charge in [-0.05, 0) is 19.8 Å². The topological polar surface area (TPSA) is 113 Å². The molecule has 2 aliphatic heterocycles. The number of methoxy groups -OCH3 is 1. The molecule has 8 atom stereocenters. The molecule has 2 saturated heterocycles. The second-order valence-corrected chi connectivity index (χ2v) is 10.3. The van der Waals surface area contributed by atoms with Crippen LogP contribution in [0.2, 0.25) is 0 Å². The molecule has 10 nitrogen and oxygen atoms in total. The highest BCUT2D eigenvalue weighted by atomic mass is 31.2. The number of aryl methyl sites for hydroxylation is 1. The second kappa shape index (κ2) is 11.3. The standard InChI is InChI=1S/C16H26B3N2O8P2/c1-10-20-4-5-21(10)31(22,23)26-9-14-12(6-15(17)27-14)29-30(3)25-8-13-11(24-2)7-16(19-18)28-13/h4-5,11-16H,6-9H2,1-3H3,(H,22,23)/p-1. The summed E-state index contributed by atoms with van der Waals surface area (Å²) in [6.07, 6.45) is 2.27. The summed E-state index contributed by atoms with van der Waals surface area (Å²) in [5.41, 5.74) is 0. The van der Waals surface area contributed by atoms with Gasteiger partial charge in [0.15, 0.2) is 8.38 Å². The van der Waals surface area contributed by atoms with Crippen LogP contribution < -0.4 is 4.89 Å². The average molecular weight is 468 g/mol. The van der Waals surface area contributed by atoms with Crippen LogP contribution in [0.15, 0.2) is 12.4 Å². The van der Waals surface area contributed by atoms with Gasteiger partial charge in [-0.15, -0.1) is 0 Å². The average Bonchev–Trinajstić information content (AvgIpc) is 3.43. The third-order valence-electron chi connectivity index (χ3n) is 5.15. The number of imidazole rings is 1. The molecule has 1 aromatic rings. The first-order valence-corrected chi connectivity index (χ1v) is 13.0. The minimum atomic E-state index is -4.36. The van der Waals surface area contributed by atoms with Crippen LogP contribution in [0.5, 0.6) is 0 Å². The Morgan fingerprint density at radius 3 is 2.74 bits per heavy atom. The van der Waals surface area contributed by atoms with Crippen LogP contribution in [-0.2, 0) is 32.3 Å². The number of ether oxygens (including phenoxy) is 3. The van der Waals surface area contributed by atoms with Crippen molar-refractivity contribution in [3.63, 3.8) is 0 Å². The van der Waals surface area contributed by atoms with Crippen LogP contribution >= 0.6 is 16.1 Å². The van der Waals surface area contributed by atoms with Crippen molar-refractivity contribution in [2.24, 2.45) is 0 Å². The van der Waals surface area contributed by atoms with E-state index >= 15 is 0 Å². The van der Waals surface area contributed by atoms with Gasteiger partial charge in [0.05, 0.1) is 32.6 Å². The maximum absolute atomic E-state index is 12.4. The third kappa shape index (κ3) is 6.65. The lowest BCUT2D eigenvalue weighted by molar-refractivity contribution is -0.204. The zero-order valence-corrected chi connectivity index (χ0v) is 19.5. The van der Waals surface area contributed by atoms with Gasteiger partial charge in [-0.3, -0.25) is 8.90 Å². The van der Waals surface area contributed by atoms with Crippen LogP contribution in [0.1, 0.15) is 18.7 Å². The molecule has 15 heteroatoms. The molecule has 0 aliphatic carbocycles. The molecule has 3 heterocycles. The Morgan fingerprint density at radius 2 is 2.10 bits per heavy atom. The van der Waals surface area contributed by atoms with Crippen LogP contribution in [0.3, 0.4) is 0 Å². The second-order valence-electron chi connectivity index (χ2n) is 7.33. The number of hydrogen-bond acceptors (Lipinski definition) is 9. The van der Waals surface area contributed by atoms with Crippen LogP contribution in [0.25, 0.3) is 0 Å². The predicted molar refractivity (Wildman–Crippen MR) is 114 cm³/mol. The maximum Gasteiger partial charge on any atom is 0.237 e. The molecule has 5 radical (unpaired) electrons. The van der Waals surface area contributed by atoms with E-state index in [2.05, 4.69) is 4.98 Å². The van der Waals surface area contributed by atoms with Crippen molar-refractivity contribution >= 4 is 38.9 Å². The Balaban J connectivity index is 1.49. The highest BCUT2D eigenvalue weighted by molar-refractivity contribution is 7.49. The van der Waals surface area contributed by atoms with E-state index in [-0.39, 0.29) is 31.4 Å². The first-order valence-electron chi connectivity index (χ1n) is 9.87. The lowest BCUT2D eigenvalue weighted by Gasteiger charge is -2.28. The minimum absolute atomic E-state index is 0.115. The lowest BCUT2D eigenvalue weighted by Crippen LogP contribution is -2.30. The van der Waals surface area contributed by atoms with E-state index < -0.39 is 34.3 Å². The SMILES string of the molecule is [B][B]C1CC(OC)C(COP(C)OC2CC([B])OC2COP(=O)([O-])n2ccnc2C)O1. The Morgan fingerprint density at radius 1 is 1.35 bits per heavy atom. The summed E-state index contributed by atoms with van der Waals surface area (Å²) in [5, 5.41) is 0. The van der Waals surface area contributed by atoms with Gasteiger partial charge in [-0.25, -0.2) is 4.98 Å². The largest absolute Gasteiger partial charge is 0.761 e. The number of nitrogens with zero attached hydrogens (tertiary/aromatic N) is 2. The Kier molecular flexibility index (Phi) is 9.24. The first-order chi connectivity index (χ1) is 14.7. The Labute approximate surface area is 187 Å². The minimum Gasteiger partial charge on any atom is -0.761 e. The Hall–Kier alpha value is -0.215. The maximum atomic E-state index is 12.4. The molecular formula is C16H25B3N2O8P2-. The fraction of sp³-hybridized carbons (Fsp3) is 0.812. The van der Waals surface area contributed by atoms with Crippen molar-refractivity contribution in [3.8, 4) is 0 Å². The van der Waals surface area contributed by atoms with Gasteiger partial charge < -0.3 is 32.7 Å². The molecule has 2 fully saturated rings. The van der Waals surface area contributed by atoms with E-state index in [1.54, 1.807) is 20.7 Å². The molecule has 0 spiro atoms. The number of hydrogen-bond donors (Lipinski definition) is 0. The van der Waals surface area contributed by atoms with E-state index in [9.17, 15) is 9.46 Å². The molecule has 3 rings (SSSR count). The summed E-state index contributed by atoms with van der Waals surface area (Å²) in [7, 11) is 8.89. The molecule has 167 valence electrons. The number of rotatable bonds is 11. The molecule has 0 amide bonds. The van der Waals surface area contributed by atoms with E-state index in [0.717, 1.165) is 4.34 Å². The summed E-state index contributed by atoms with van der Waals surface area (Å²) >= 11 is 0. The fourth-order valence-electron chi connectivity index (χ4n) is 3.53. The van der Waals surface area contributed by atoms with E-state index in [1.807, 2.05) is 0 Å². The Bertz CT molecular complexity index is 762. The highest BCUT2D eigenvalue weighted by Crippen LogP contribution is 2.43. The van der Waals surface area contributed by atoms with Crippen molar-refractivity contribution in [1.29, 1.82) is 0 Å². The van der Waals surface area contributed by atoms with Crippen molar-refractivity contribution in [1.82, 2.24) is 9.32 Å². The molecule has 0 N–H and O–H groups in total. The van der Waals surface area contributed by atoms with Crippen molar-refractivity contribution < 1.29 is 37.2 Å². The first kappa shape index (κ1) is 25.4. The highest BCUT2D eigenvalue weighted by Gasteiger charge is 2.38. The van der Waals surface area contributed by atoms with Crippen molar-refractivity contribution in [2.75, 3.05) is 27.0 Å². The normalized spacial score (nSPS) is 33.9. The fourth-order valence-corrected chi connectivity index (χ4v) is 5.64. The molecule has 0 bridgehead atoms. The predicted octanol–water partition coefficient (Wildman–Crippen LogP) is 0.0693. The molecule has 1 aromatic heterocycles. The summed E-state index contributed by atoms with van der Waals surface area (Å²) < 4.78 is 47.1. The van der Waals surface area contributed by atoms with Crippen molar-refractivity contribution in [3.05, 3.63) is 18.2 Å². The van der Waals surface area contributed by atoms with Gasteiger partial charge in [0, 0.05) is 45.9 Å². The monoisotopic (exact) mass is 468 g/mol. The van der Waals surface area contributed by atoms with E-state index in [0.29, 0.717) is 18.7 Å². The zero-order valence-electron chi connectivity index (χ0n) is 17.7. The molecule has 2 aliphatic rings. The van der Waals surface area contributed by atoms with Gasteiger partial charge in [0.25, 0.3) is 0 Å². The van der Waals surface area contributed by atoms with Crippen LogP contribution in [0, 0.1) is 6.92 Å². The zero-order chi connectivity index (χ0) is 22.6. The summed E-state index contributed by atoms with van der Waals surface area (Å²) in [4.78, 5) is 16.3. The molecule has 31 heavy (non-hydrogen) atoms. The van der Waals surface area contributed by atoms with Gasteiger partial charge in [-0.1, -0.05) is 0 Å². The lowest BCUT2D eigenvalue weighted by atomic mass is 9.51. The summed E-state index contributed by atoms with van der Waals surface area (Å²) in [6, 6.07) is -0.757. The van der Waals surface area contributed by atoms with Gasteiger partial charge >= 0.3 is 0 Å². The van der Waals surface area contributed by atoms with Crippen LogP contribution in [-0.4, -0.2) is 95.5 Å². The third-order valence-corrected chi connectivity index (χ3v) is 7.65. The molecule has 8 unspecified atom stereocenters. The van der Waals surface area contributed by atoms with Gasteiger partial charge in [0.1, 0.15) is 25.9 Å². The molecule has 0 aromatic carbocycles. The van der Waals surface area contributed by atoms with Gasteiger partial charge in [0.2, 0.25) is 7.75 Å². The smallest absolute Gasteiger partial charge is 0.237 e. The van der Waals surface area contributed by atoms with Gasteiger partial charge in [-0.2, -0.15) is 0 Å².